The Kier molecular flexibility index (Phi) is 5.32. The highest BCUT2D eigenvalue weighted by Gasteiger charge is 2.12. The summed E-state index contributed by atoms with van der Waals surface area (Å²) in [5, 5.41) is 3.31. The third-order valence-corrected chi connectivity index (χ3v) is 2.13. The van der Waals surface area contributed by atoms with Crippen LogP contribution in [0.4, 0.5) is 0 Å². The fourth-order valence-electron chi connectivity index (χ4n) is 1.41. The lowest BCUT2D eigenvalue weighted by atomic mass is 10.1. The summed E-state index contributed by atoms with van der Waals surface area (Å²) >= 11 is 0. The van der Waals surface area contributed by atoms with E-state index in [1.165, 1.54) is 19.3 Å². The van der Waals surface area contributed by atoms with Gasteiger partial charge in [-0.3, -0.25) is 0 Å². The number of ether oxygens (including phenoxy) is 2. The lowest BCUT2D eigenvalue weighted by molar-refractivity contribution is 0.0162. The molecular formula is C9H19NO2. The monoisotopic (exact) mass is 173 g/mol. The van der Waals surface area contributed by atoms with Gasteiger partial charge in [0.25, 0.3) is 0 Å². The average molecular weight is 173 g/mol. The minimum atomic E-state index is 0.440. The number of hydrogen-bond acceptors (Lipinski definition) is 3. The van der Waals surface area contributed by atoms with E-state index in [9.17, 15) is 0 Å². The van der Waals surface area contributed by atoms with Crippen molar-refractivity contribution >= 4 is 0 Å². The van der Waals surface area contributed by atoms with Gasteiger partial charge in [0.1, 0.15) is 0 Å². The minimum Gasteiger partial charge on any atom is -0.383 e. The number of hydrogen-bond donors (Lipinski definition) is 1. The molecule has 12 heavy (non-hydrogen) atoms. The molecule has 0 saturated carbocycles. The lowest BCUT2D eigenvalue weighted by Crippen LogP contribution is -2.33. The van der Waals surface area contributed by atoms with Crippen molar-refractivity contribution in [3.05, 3.63) is 0 Å². The van der Waals surface area contributed by atoms with E-state index in [2.05, 4.69) is 5.32 Å². The van der Waals surface area contributed by atoms with Gasteiger partial charge in [0, 0.05) is 26.8 Å². The minimum absolute atomic E-state index is 0.440. The van der Waals surface area contributed by atoms with Gasteiger partial charge in [0.2, 0.25) is 0 Å². The molecule has 1 heterocycles. The van der Waals surface area contributed by atoms with Crippen molar-refractivity contribution < 1.29 is 9.47 Å². The van der Waals surface area contributed by atoms with Crippen molar-refractivity contribution in [1.29, 1.82) is 0 Å². The fraction of sp³-hybridized carbons (Fsp3) is 1.00. The molecule has 1 N–H and O–H groups in total. The molecule has 1 aliphatic rings. The summed E-state index contributed by atoms with van der Waals surface area (Å²) in [5.41, 5.74) is 0. The van der Waals surface area contributed by atoms with E-state index in [-0.39, 0.29) is 0 Å². The van der Waals surface area contributed by atoms with Crippen LogP contribution in [-0.2, 0) is 9.47 Å². The first-order valence-electron chi connectivity index (χ1n) is 4.74. The zero-order valence-corrected chi connectivity index (χ0v) is 7.84. The summed E-state index contributed by atoms with van der Waals surface area (Å²) in [4.78, 5) is 0. The molecule has 1 atom stereocenters. The van der Waals surface area contributed by atoms with Gasteiger partial charge < -0.3 is 14.8 Å². The van der Waals surface area contributed by atoms with Gasteiger partial charge in [-0.2, -0.15) is 0 Å². The molecule has 72 valence electrons. The van der Waals surface area contributed by atoms with E-state index in [0.717, 1.165) is 26.3 Å². The van der Waals surface area contributed by atoms with Gasteiger partial charge in [-0.05, 0) is 19.3 Å². The highest BCUT2D eigenvalue weighted by Crippen LogP contribution is 2.11. The quantitative estimate of drug-likeness (QED) is 0.624. The molecule has 0 aromatic carbocycles. The third-order valence-electron chi connectivity index (χ3n) is 2.13. The van der Waals surface area contributed by atoms with Crippen LogP contribution in [0.25, 0.3) is 0 Å². The Morgan fingerprint density at radius 1 is 1.50 bits per heavy atom. The van der Waals surface area contributed by atoms with Crippen LogP contribution in [-0.4, -0.2) is 39.5 Å². The molecule has 1 saturated heterocycles. The van der Waals surface area contributed by atoms with E-state index >= 15 is 0 Å². The highest BCUT2D eigenvalue weighted by molar-refractivity contribution is 4.65. The maximum absolute atomic E-state index is 5.55. The Bertz CT molecular complexity index is 103. The van der Waals surface area contributed by atoms with Crippen molar-refractivity contribution in [3.63, 3.8) is 0 Å². The van der Waals surface area contributed by atoms with Crippen LogP contribution in [0, 0.1) is 0 Å². The van der Waals surface area contributed by atoms with E-state index in [4.69, 9.17) is 9.47 Å². The summed E-state index contributed by atoms with van der Waals surface area (Å²) in [7, 11) is 1.72. The standard InChI is InChI=1S/C9H19NO2/c1-11-7-5-10-8-9-4-2-3-6-12-9/h9-10H,2-8H2,1H3. The largest absolute Gasteiger partial charge is 0.383 e. The molecule has 0 amide bonds. The Labute approximate surface area is 74.4 Å². The summed E-state index contributed by atoms with van der Waals surface area (Å²) in [6.07, 6.45) is 4.20. The summed E-state index contributed by atoms with van der Waals surface area (Å²) < 4.78 is 10.5. The number of rotatable bonds is 5. The van der Waals surface area contributed by atoms with Crippen LogP contribution >= 0.6 is 0 Å². The maximum Gasteiger partial charge on any atom is 0.0699 e. The van der Waals surface area contributed by atoms with E-state index in [1.807, 2.05) is 0 Å². The molecule has 1 fully saturated rings. The van der Waals surface area contributed by atoms with Crippen molar-refractivity contribution in [1.82, 2.24) is 5.32 Å². The topological polar surface area (TPSA) is 30.5 Å². The van der Waals surface area contributed by atoms with E-state index in [0.29, 0.717) is 6.10 Å². The van der Waals surface area contributed by atoms with Crippen molar-refractivity contribution in [2.75, 3.05) is 33.4 Å². The summed E-state index contributed by atoms with van der Waals surface area (Å²) in [6, 6.07) is 0. The highest BCUT2D eigenvalue weighted by atomic mass is 16.5. The van der Waals surface area contributed by atoms with Crippen LogP contribution in [0.3, 0.4) is 0 Å². The smallest absolute Gasteiger partial charge is 0.0699 e. The van der Waals surface area contributed by atoms with E-state index in [1.54, 1.807) is 7.11 Å². The van der Waals surface area contributed by atoms with Crippen molar-refractivity contribution in [2.24, 2.45) is 0 Å². The van der Waals surface area contributed by atoms with Crippen LogP contribution in [0.1, 0.15) is 19.3 Å². The third kappa shape index (κ3) is 4.04. The Morgan fingerprint density at radius 3 is 3.08 bits per heavy atom. The van der Waals surface area contributed by atoms with E-state index < -0.39 is 0 Å². The van der Waals surface area contributed by atoms with Crippen LogP contribution in [0.15, 0.2) is 0 Å². The number of methoxy groups -OCH3 is 1. The summed E-state index contributed by atoms with van der Waals surface area (Å²) in [5.74, 6) is 0. The van der Waals surface area contributed by atoms with Gasteiger partial charge in [0.15, 0.2) is 0 Å². The molecule has 3 heteroatoms. The Morgan fingerprint density at radius 2 is 2.42 bits per heavy atom. The second-order valence-electron chi connectivity index (χ2n) is 3.19. The number of nitrogens with one attached hydrogen (secondary N) is 1. The second kappa shape index (κ2) is 6.40. The van der Waals surface area contributed by atoms with Gasteiger partial charge >= 0.3 is 0 Å². The SMILES string of the molecule is COCCNCC1CCCCO1. The molecule has 0 spiro atoms. The molecule has 0 bridgehead atoms. The predicted molar refractivity (Wildman–Crippen MR) is 48.3 cm³/mol. The molecule has 0 radical (unpaired) electrons. The van der Waals surface area contributed by atoms with Gasteiger partial charge in [-0.15, -0.1) is 0 Å². The van der Waals surface area contributed by atoms with Gasteiger partial charge in [-0.25, -0.2) is 0 Å². The second-order valence-corrected chi connectivity index (χ2v) is 3.19. The Hall–Kier alpha value is -0.120. The Balaban J connectivity index is 1.91. The molecule has 1 unspecified atom stereocenters. The van der Waals surface area contributed by atoms with Crippen LogP contribution < -0.4 is 5.32 Å². The predicted octanol–water partition coefficient (Wildman–Crippen LogP) is 0.791. The van der Waals surface area contributed by atoms with Crippen molar-refractivity contribution in [2.45, 2.75) is 25.4 Å². The first-order valence-corrected chi connectivity index (χ1v) is 4.74. The average Bonchev–Trinajstić information content (AvgIpc) is 2.14. The maximum atomic E-state index is 5.55. The van der Waals surface area contributed by atoms with Gasteiger partial charge in [-0.1, -0.05) is 0 Å². The lowest BCUT2D eigenvalue weighted by Gasteiger charge is -2.22. The normalized spacial score (nSPS) is 24.2. The molecule has 3 nitrogen and oxygen atoms in total. The first-order chi connectivity index (χ1) is 5.93. The fourth-order valence-corrected chi connectivity index (χ4v) is 1.41. The van der Waals surface area contributed by atoms with Crippen molar-refractivity contribution in [3.8, 4) is 0 Å². The molecule has 0 aliphatic carbocycles. The molecule has 0 aromatic heterocycles. The molecule has 1 rings (SSSR count). The molecule has 1 aliphatic heterocycles. The van der Waals surface area contributed by atoms with Crippen LogP contribution in [0.5, 0.6) is 0 Å². The zero-order valence-electron chi connectivity index (χ0n) is 7.84. The zero-order chi connectivity index (χ0) is 8.65. The molecule has 0 aromatic rings. The van der Waals surface area contributed by atoms with Gasteiger partial charge in [0.05, 0.1) is 12.7 Å². The summed E-state index contributed by atoms with van der Waals surface area (Å²) in [6.45, 7) is 3.63. The van der Waals surface area contributed by atoms with Crippen LogP contribution in [0.2, 0.25) is 0 Å². The molecular weight excluding hydrogens is 154 g/mol. The first kappa shape index (κ1) is 9.96.